The molecule has 25 heavy (non-hydrogen) atoms. The minimum Gasteiger partial charge on any atom is -0.353 e. The Hall–Kier alpha value is -2.48. The summed E-state index contributed by atoms with van der Waals surface area (Å²) in [4.78, 5) is 37.0. The number of fused-ring (bicyclic) bond motifs is 1. The third kappa shape index (κ3) is 3.96. The predicted octanol–water partition coefficient (Wildman–Crippen LogP) is 0.251. The van der Waals surface area contributed by atoms with Crippen LogP contribution in [0.3, 0.4) is 0 Å². The van der Waals surface area contributed by atoms with Crippen molar-refractivity contribution in [2.24, 2.45) is 7.05 Å². The van der Waals surface area contributed by atoms with Crippen molar-refractivity contribution < 1.29 is 9.59 Å². The summed E-state index contributed by atoms with van der Waals surface area (Å²) in [7, 11) is 1.87. The van der Waals surface area contributed by atoms with E-state index in [0.29, 0.717) is 38.3 Å². The monoisotopic (exact) mass is 344 g/mol. The third-order valence-corrected chi connectivity index (χ3v) is 4.27. The normalized spacial score (nSPS) is 15.8. The fourth-order valence-corrected chi connectivity index (χ4v) is 3.00. The zero-order valence-corrected chi connectivity index (χ0v) is 14.9. The molecular weight excluding hydrogens is 320 g/mol. The number of carbonyl (C=O) groups excluding carboxylic acids is 2. The van der Waals surface area contributed by atoms with Crippen LogP contribution in [-0.2, 0) is 11.8 Å². The molecule has 134 valence electrons. The molecule has 0 bridgehead atoms. The van der Waals surface area contributed by atoms with E-state index in [1.165, 1.54) is 0 Å². The van der Waals surface area contributed by atoms with Gasteiger partial charge in [0, 0.05) is 45.5 Å². The average Bonchev–Trinajstić information content (AvgIpc) is 2.95. The highest BCUT2D eigenvalue weighted by Gasteiger charge is 2.24. The maximum atomic E-state index is 12.7. The molecule has 0 radical (unpaired) electrons. The zero-order valence-electron chi connectivity index (χ0n) is 14.9. The summed E-state index contributed by atoms with van der Waals surface area (Å²) >= 11 is 0. The summed E-state index contributed by atoms with van der Waals surface area (Å²) in [6, 6.07) is 1.93. The van der Waals surface area contributed by atoms with Crippen LogP contribution in [0.4, 0.5) is 0 Å². The quantitative estimate of drug-likeness (QED) is 0.860. The highest BCUT2D eigenvalue weighted by Crippen LogP contribution is 2.14. The standard InChI is InChI=1S/C17H24N6O2/c1-12(2)20-15(24)10-22-4-6-23(7-5-22)17(25)13-8-14-16(18-9-13)21(3)11-19-14/h8-9,11-12H,4-7,10H2,1-3H3,(H,20,24). The summed E-state index contributed by atoms with van der Waals surface area (Å²) in [6.45, 7) is 6.86. The van der Waals surface area contributed by atoms with E-state index < -0.39 is 0 Å². The van der Waals surface area contributed by atoms with Gasteiger partial charge in [-0.05, 0) is 19.9 Å². The number of imidazole rings is 1. The van der Waals surface area contributed by atoms with E-state index in [2.05, 4.69) is 20.2 Å². The molecule has 8 heteroatoms. The highest BCUT2D eigenvalue weighted by molar-refractivity contribution is 5.96. The maximum Gasteiger partial charge on any atom is 0.255 e. The van der Waals surface area contributed by atoms with Gasteiger partial charge >= 0.3 is 0 Å². The molecule has 0 saturated carbocycles. The molecule has 1 aliphatic rings. The number of pyridine rings is 1. The molecule has 0 aliphatic carbocycles. The van der Waals surface area contributed by atoms with E-state index >= 15 is 0 Å². The molecule has 1 saturated heterocycles. The van der Waals surface area contributed by atoms with Crippen LogP contribution in [0.5, 0.6) is 0 Å². The van der Waals surface area contributed by atoms with Gasteiger partial charge in [0.2, 0.25) is 5.91 Å². The largest absolute Gasteiger partial charge is 0.353 e. The van der Waals surface area contributed by atoms with Gasteiger partial charge in [0.1, 0.15) is 5.52 Å². The summed E-state index contributed by atoms with van der Waals surface area (Å²) < 4.78 is 1.82. The zero-order chi connectivity index (χ0) is 18.0. The minimum atomic E-state index is -0.0358. The average molecular weight is 344 g/mol. The van der Waals surface area contributed by atoms with Gasteiger partial charge in [0.15, 0.2) is 5.65 Å². The molecule has 3 heterocycles. The molecule has 3 rings (SSSR count). The molecule has 1 fully saturated rings. The Balaban J connectivity index is 1.58. The fraction of sp³-hybridized carbons (Fsp3) is 0.529. The van der Waals surface area contributed by atoms with Crippen molar-refractivity contribution in [2.45, 2.75) is 19.9 Å². The van der Waals surface area contributed by atoms with Crippen molar-refractivity contribution in [1.82, 2.24) is 29.7 Å². The Bertz CT molecular complexity index is 777. The minimum absolute atomic E-state index is 0.0274. The summed E-state index contributed by atoms with van der Waals surface area (Å²) in [5.74, 6) is -0.00841. The molecule has 2 aromatic rings. The van der Waals surface area contributed by atoms with Crippen LogP contribution in [0.1, 0.15) is 24.2 Å². The summed E-state index contributed by atoms with van der Waals surface area (Å²) in [5, 5.41) is 2.89. The molecular formula is C17H24N6O2. The number of aryl methyl sites for hydroxylation is 1. The Labute approximate surface area is 146 Å². The summed E-state index contributed by atoms with van der Waals surface area (Å²) in [5.41, 5.74) is 2.03. The van der Waals surface area contributed by atoms with Crippen molar-refractivity contribution in [1.29, 1.82) is 0 Å². The first-order valence-corrected chi connectivity index (χ1v) is 8.52. The van der Waals surface area contributed by atoms with Gasteiger partial charge in [-0.15, -0.1) is 0 Å². The molecule has 0 aromatic carbocycles. The van der Waals surface area contributed by atoms with Crippen LogP contribution >= 0.6 is 0 Å². The Kier molecular flexibility index (Phi) is 4.98. The van der Waals surface area contributed by atoms with Gasteiger partial charge in [-0.25, -0.2) is 9.97 Å². The lowest BCUT2D eigenvalue weighted by molar-refractivity contribution is -0.123. The lowest BCUT2D eigenvalue weighted by Gasteiger charge is -2.34. The lowest BCUT2D eigenvalue weighted by Crippen LogP contribution is -2.51. The van der Waals surface area contributed by atoms with Gasteiger partial charge in [0.05, 0.1) is 18.4 Å². The van der Waals surface area contributed by atoms with Crippen LogP contribution < -0.4 is 5.32 Å². The number of nitrogens with one attached hydrogen (secondary N) is 1. The van der Waals surface area contributed by atoms with Crippen LogP contribution in [0, 0.1) is 0 Å². The first-order valence-electron chi connectivity index (χ1n) is 8.52. The number of rotatable bonds is 4. The SMILES string of the molecule is CC(C)NC(=O)CN1CCN(C(=O)c2cnc3c(c2)ncn3C)CC1. The van der Waals surface area contributed by atoms with Crippen LogP contribution in [0.15, 0.2) is 18.6 Å². The third-order valence-electron chi connectivity index (χ3n) is 4.27. The smallest absolute Gasteiger partial charge is 0.255 e. The van der Waals surface area contributed by atoms with Gasteiger partial charge in [-0.1, -0.05) is 0 Å². The van der Waals surface area contributed by atoms with Crippen molar-refractivity contribution in [3.05, 3.63) is 24.2 Å². The van der Waals surface area contributed by atoms with Gasteiger partial charge < -0.3 is 14.8 Å². The Morgan fingerprint density at radius 1 is 1.20 bits per heavy atom. The summed E-state index contributed by atoms with van der Waals surface area (Å²) in [6.07, 6.45) is 3.29. The second-order valence-electron chi connectivity index (χ2n) is 6.71. The van der Waals surface area contributed by atoms with Crippen LogP contribution in [-0.4, -0.2) is 74.9 Å². The predicted molar refractivity (Wildman–Crippen MR) is 94.1 cm³/mol. The molecule has 0 atom stereocenters. The Morgan fingerprint density at radius 3 is 2.60 bits per heavy atom. The van der Waals surface area contributed by atoms with E-state index in [9.17, 15) is 9.59 Å². The van der Waals surface area contributed by atoms with E-state index in [4.69, 9.17) is 0 Å². The molecule has 8 nitrogen and oxygen atoms in total. The van der Waals surface area contributed by atoms with Crippen LogP contribution in [0.25, 0.3) is 11.2 Å². The first-order chi connectivity index (χ1) is 11.9. The van der Waals surface area contributed by atoms with E-state index in [1.54, 1.807) is 18.6 Å². The fourth-order valence-electron chi connectivity index (χ4n) is 3.00. The van der Waals surface area contributed by atoms with Gasteiger partial charge in [0.25, 0.3) is 5.91 Å². The molecule has 1 N–H and O–H groups in total. The number of amides is 2. The number of carbonyl (C=O) groups is 2. The van der Waals surface area contributed by atoms with E-state index in [0.717, 1.165) is 11.2 Å². The van der Waals surface area contributed by atoms with Crippen molar-refractivity contribution in [3.63, 3.8) is 0 Å². The first kappa shape index (κ1) is 17.3. The number of nitrogens with zero attached hydrogens (tertiary/aromatic N) is 5. The topological polar surface area (TPSA) is 83.4 Å². The molecule has 0 unspecified atom stereocenters. The van der Waals surface area contributed by atoms with Gasteiger partial charge in [-0.3, -0.25) is 14.5 Å². The van der Waals surface area contributed by atoms with Gasteiger partial charge in [-0.2, -0.15) is 0 Å². The van der Waals surface area contributed by atoms with E-state index in [-0.39, 0.29) is 17.9 Å². The molecule has 2 amide bonds. The van der Waals surface area contributed by atoms with E-state index in [1.807, 2.05) is 30.4 Å². The number of aromatic nitrogens is 3. The second-order valence-corrected chi connectivity index (χ2v) is 6.71. The lowest BCUT2D eigenvalue weighted by atomic mass is 10.2. The number of hydrogen-bond donors (Lipinski definition) is 1. The van der Waals surface area contributed by atoms with Crippen molar-refractivity contribution in [2.75, 3.05) is 32.7 Å². The Morgan fingerprint density at radius 2 is 1.92 bits per heavy atom. The number of hydrogen-bond acceptors (Lipinski definition) is 5. The maximum absolute atomic E-state index is 12.7. The van der Waals surface area contributed by atoms with Crippen LogP contribution in [0.2, 0.25) is 0 Å². The van der Waals surface area contributed by atoms with Crippen molar-refractivity contribution in [3.8, 4) is 0 Å². The number of piperazine rings is 1. The second kappa shape index (κ2) is 7.18. The van der Waals surface area contributed by atoms with Crippen molar-refractivity contribution >= 4 is 23.0 Å². The molecule has 1 aliphatic heterocycles. The highest BCUT2D eigenvalue weighted by atomic mass is 16.2. The molecule has 0 spiro atoms. The molecule has 2 aromatic heterocycles.